The lowest BCUT2D eigenvalue weighted by molar-refractivity contribution is -0.384. The molecule has 0 spiro atoms. The number of rotatable bonds is 6. The molecule has 1 aliphatic rings. The maximum Gasteiger partial charge on any atom is 0.313 e. The van der Waals surface area contributed by atoms with Crippen LogP contribution in [0.3, 0.4) is 0 Å². The van der Waals surface area contributed by atoms with E-state index < -0.39 is 4.92 Å². The fraction of sp³-hybridized carbons (Fsp3) is 0.643. The van der Waals surface area contributed by atoms with Gasteiger partial charge in [-0.15, -0.1) is 0 Å². The van der Waals surface area contributed by atoms with Gasteiger partial charge in [-0.05, 0) is 19.3 Å². The number of anilines is 1. The minimum absolute atomic E-state index is 0.0408. The Kier molecular flexibility index (Phi) is 5.00. The lowest BCUT2D eigenvalue weighted by Gasteiger charge is -2.38. The molecule has 1 atom stereocenters. The predicted octanol–water partition coefficient (Wildman–Crippen LogP) is 3.43. The van der Waals surface area contributed by atoms with Crippen molar-refractivity contribution >= 4 is 23.1 Å². The van der Waals surface area contributed by atoms with Gasteiger partial charge >= 0.3 is 5.69 Å². The largest absolute Gasteiger partial charge is 0.382 e. The van der Waals surface area contributed by atoms with E-state index in [-0.39, 0.29) is 16.2 Å². The van der Waals surface area contributed by atoms with Gasteiger partial charge < -0.3 is 9.64 Å². The van der Waals surface area contributed by atoms with Crippen molar-refractivity contribution in [3.05, 3.63) is 27.4 Å². The molecule has 1 aromatic rings. The van der Waals surface area contributed by atoms with Gasteiger partial charge in [0.15, 0.2) is 0 Å². The van der Waals surface area contributed by atoms with Crippen LogP contribution in [-0.2, 0) is 4.74 Å². The third-order valence-electron chi connectivity index (χ3n) is 3.99. The fourth-order valence-electron chi connectivity index (χ4n) is 3.25. The first-order chi connectivity index (χ1) is 10.0. The van der Waals surface area contributed by atoms with Crippen LogP contribution in [0.25, 0.3) is 0 Å². The van der Waals surface area contributed by atoms with Crippen molar-refractivity contribution in [2.75, 3.05) is 25.2 Å². The molecular formula is C14H20ClN3O3. The van der Waals surface area contributed by atoms with Crippen molar-refractivity contribution in [2.45, 2.75) is 38.1 Å². The Hall–Kier alpha value is -1.40. The van der Waals surface area contributed by atoms with Gasteiger partial charge in [-0.1, -0.05) is 24.9 Å². The lowest BCUT2D eigenvalue weighted by Crippen LogP contribution is -2.48. The SMILES string of the molecule is CCCC1(COC)CCCN1c1ncc(Cl)cc1[N+](=O)[O-]. The molecule has 1 fully saturated rings. The zero-order valence-electron chi connectivity index (χ0n) is 12.3. The van der Waals surface area contributed by atoms with Gasteiger partial charge in [0.1, 0.15) is 0 Å². The normalized spacial score (nSPS) is 21.8. The molecule has 0 N–H and O–H groups in total. The first-order valence-corrected chi connectivity index (χ1v) is 7.48. The summed E-state index contributed by atoms with van der Waals surface area (Å²) in [6, 6.07) is 1.37. The molecule has 1 aliphatic heterocycles. The zero-order chi connectivity index (χ0) is 15.5. The average Bonchev–Trinajstić information content (AvgIpc) is 2.83. The van der Waals surface area contributed by atoms with Crippen molar-refractivity contribution in [3.63, 3.8) is 0 Å². The second-order valence-corrected chi connectivity index (χ2v) is 5.85. The number of methoxy groups -OCH3 is 1. The zero-order valence-corrected chi connectivity index (χ0v) is 13.1. The van der Waals surface area contributed by atoms with Crippen LogP contribution in [0, 0.1) is 10.1 Å². The summed E-state index contributed by atoms with van der Waals surface area (Å²) in [7, 11) is 1.66. The topological polar surface area (TPSA) is 68.5 Å². The van der Waals surface area contributed by atoms with Crippen LogP contribution in [0.5, 0.6) is 0 Å². The summed E-state index contributed by atoms with van der Waals surface area (Å²) < 4.78 is 5.39. The fourth-order valence-corrected chi connectivity index (χ4v) is 3.40. The highest BCUT2D eigenvalue weighted by Gasteiger charge is 2.43. The van der Waals surface area contributed by atoms with Crippen LogP contribution in [0.2, 0.25) is 5.02 Å². The van der Waals surface area contributed by atoms with Gasteiger partial charge in [0.05, 0.1) is 22.1 Å². The van der Waals surface area contributed by atoms with Crippen molar-refractivity contribution in [1.82, 2.24) is 4.98 Å². The Morgan fingerprint density at radius 2 is 2.38 bits per heavy atom. The molecule has 1 unspecified atom stereocenters. The lowest BCUT2D eigenvalue weighted by atomic mass is 9.91. The minimum Gasteiger partial charge on any atom is -0.382 e. The molecule has 0 amide bonds. The van der Waals surface area contributed by atoms with Crippen LogP contribution >= 0.6 is 11.6 Å². The number of halogens is 1. The maximum absolute atomic E-state index is 11.3. The molecule has 6 nitrogen and oxygen atoms in total. The third-order valence-corrected chi connectivity index (χ3v) is 4.20. The van der Waals surface area contributed by atoms with Crippen LogP contribution in [0.4, 0.5) is 11.5 Å². The molecule has 0 bridgehead atoms. The summed E-state index contributed by atoms with van der Waals surface area (Å²) in [6.45, 7) is 3.40. The van der Waals surface area contributed by atoms with Gasteiger partial charge in [-0.3, -0.25) is 10.1 Å². The number of hydrogen-bond donors (Lipinski definition) is 0. The van der Waals surface area contributed by atoms with Gasteiger partial charge in [0.2, 0.25) is 5.82 Å². The van der Waals surface area contributed by atoms with Crippen molar-refractivity contribution in [3.8, 4) is 0 Å². The highest BCUT2D eigenvalue weighted by atomic mass is 35.5. The summed E-state index contributed by atoms with van der Waals surface area (Å²) in [5.74, 6) is 0.396. The quantitative estimate of drug-likeness (QED) is 0.594. The summed E-state index contributed by atoms with van der Waals surface area (Å²) in [6.07, 6.45) is 5.30. The van der Waals surface area contributed by atoms with Crippen LogP contribution in [-0.4, -0.2) is 35.7 Å². The maximum atomic E-state index is 11.3. The van der Waals surface area contributed by atoms with Crippen molar-refractivity contribution in [2.24, 2.45) is 0 Å². The van der Waals surface area contributed by atoms with Gasteiger partial charge in [0.25, 0.3) is 0 Å². The molecular weight excluding hydrogens is 294 g/mol. The van der Waals surface area contributed by atoms with E-state index in [4.69, 9.17) is 16.3 Å². The Balaban J connectivity index is 2.46. The smallest absolute Gasteiger partial charge is 0.313 e. The second kappa shape index (κ2) is 6.58. The second-order valence-electron chi connectivity index (χ2n) is 5.42. The number of aromatic nitrogens is 1. The molecule has 0 aromatic carbocycles. The third kappa shape index (κ3) is 3.11. The van der Waals surface area contributed by atoms with Gasteiger partial charge in [-0.25, -0.2) is 4.98 Å². The molecule has 21 heavy (non-hydrogen) atoms. The molecule has 7 heteroatoms. The van der Waals surface area contributed by atoms with E-state index in [0.29, 0.717) is 12.4 Å². The molecule has 116 valence electrons. The highest BCUT2D eigenvalue weighted by molar-refractivity contribution is 6.30. The molecule has 0 radical (unpaired) electrons. The van der Waals surface area contributed by atoms with E-state index in [9.17, 15) is 10.1 Å². The predicted molar refractivity (Wildman–Crippen MR) is 82.0 cm³/mol. The van der Waals surface area contributed by atoms with E-state index in [1.807, 2.05) is 4.90 Å². The van der Waals surface area contributed by atoms with Crippen LogP contribution in [0.15, 0.2) is 12.3 Å². The minimum atomic E-state index is -0.421. The Labute approximate surface area is 129 Å². The van der Waals surface area contributed by atoms with E-state index in [2.05, 4.69) is 11.9 Å². The summed E-state index contributed by atoms with van der Waals surface area (Å²) >= 11 is 5.85. The van der Waals surface area contributed by atoms with Gasteiger partial charge in [0, 0.05) is 25.9 Å². The number of ether oxygens (including phenoxy) is 1. The van der Waals surface area contributed by atoms with Crippen molar-refractivity contribution in [1.29, 1.82) is 0 Å². The summed E-state index contributed by atoms with van der Waals surface area (Å²) in [5, 5.41) is 11.6. The molecule has 2 rings (SSSR count). The first-order valence-electron chi connectivity index (χ1n) is 7.10. The summed E-state index contributed by atoms with van der Waals surface area (Å²) in [4.78, 5) is 17.2. The Bertz CT molecular complexity index is 518. The number of hydrogen-bond acceptors (Lipinski definition) is 5. The van der Waals surface area contributed by atoms with E-state index >= 15 is 0 Å². The Morgan fingerprint density at radius 1 is 1.62 bits per heavy atom. The molecule has 1 aromatic heterocycles. The number of pyridine rings is 1. The highest BCUT2D eigenvalue weighted by Crippen LogP contribution is 2.41. The number of nitrogens with zero attached hydrogens (tertiary/aromatic N) is 3. The van der Waals surface area contributed by atoms with Crippen LogP contribution < -0.4 is 4.90 Å². The summed E-state index contributed by atoms with van der Waals surface area (Å²) in [5.41, 5.74) is -0.254. The Morgan fingerprint density at radius 3 is 3.00 bits per heavy atom. The standard InChI is InChI=1S/C14H20ClN3O3/c1-3-5-14(10-21-2)6-4-7-17(14)13-12(18(19)20)8-11(15)9-16-13/h8-9H,3-7,10H2,1-2H3. The van der Waals surface area contributed by atoms with Crippen molar-refractivity contribution < 1.29 is 9.66 Å². The first kappa shape index (κ1) is 16.0. The van der Waals surface area contributed by atoms with E-state index in [1.165, 1.54) is 12.3 Å². The molecule has 2 heterocycles. The average molecular weight is 314 g/mol. The molecule has 1 saturated heterocycles. The monoisotopic (exact) mass is 313 g/mol. The number of nitro groups is 1. The van der Waals surface area contributed by atoms with E-state index in [0.717, 1.165) is 32.2 Å². The molecule has 0 saturated carbocycles. The van der Waals surface area contributed by atoms with Gasteiger partial charge in [-0.2, -0.15) is 0 Å². The van der Waals surface area contributed by atoms with E-state index in [1.54, 1.807) is 7.11 Å². The van der Waals surface area contributed by atoms with Crippen LogP contribution in [0.1, 0.15) is 32.6 Å². The molecule has 0 aliphatic carbocycles.